The van der Waals surface area contributed by atoms with Gasteiger partial charge in [0.25, 0.3) is 0 Å². The van der Waals surface area contributed by atoms with Gasteiger partial charge < -0.3 is 0 Å². The number of halogens is 1. The third kappa shape index (κ3) is 5.92. The van der Waals surface area contributed by atoms with Crippen molar-refractivity contribution in [2.24, 2.45) is 0 Å². The van der Waals surface area contributed by atoms with Crippen LogP contribution in [-0.4, -0.2) is 39.1 Å². The summed E-state index contributed by atoms with van der Waals surface area (Å²) in [6, 6.07) is 5.42. The van der Waals surface area contributed by atoms with Crippen molar-refractivity contribution in [2.75, 3.05) is 22.6 Å². The van der Waals surface area contributed by atoms with Crippen LogP contribution in [0.5, 0.6) is 0 Å². The number of thioether (sulfide) groups is 2. The highest BCUT2D eigenvalue weighted by Gasteiger charge is 2.11. The number of nitrogens with zero attached hydrogens (tertiary/aromatic N) is 2. The van der Waals surface area contributed by atoms with Crippen molar-refractivity contribution in [1.29, 1.82) is 0 Å². The normalized spacial score (nSPS) is 10.5. The number of amides is 1. The van der Waals surface area contributed by atoms with E-state index in [1.807, 2.05) is 6.92 Å². The fraction of sp³-hybridized carbons (Fsp3) is 0.286. The molecule has 2 aromatic rings. The van der Waals surface area contributed by atoms with E-state index >= 15 is 0 Å². The van der Waals surface area contributed by atoms with E-state index in [1.54, 1.807) is 0 Å². The standard InChI is InChI=1S/C14H14FN3O2S3/c1-2-21-8-12(20)16-13-17-18-14(23-13)22-7-11(19)9-3-5-10(15)6-4-9/h3-6H,2,7-8H2,1H3,(H,16,17,20). The lowest BCUT2D eigenvalue weighted by molar-refractivity contribution is -0.113. The highest BCUT2D eigenvalue weighted by atomic mass is 32.2. The Hall–Kier alpha value is -1.45. The van der Waals surface area contributed by atoms with Crippen LogP contribution in [0.1, 0.15) is 17.3 Å². The zero-order valence-electron chi connectivity index (χ0n) is 12.2. The number of rotatable bonds is 8. The van der Waals surface area contributed by atoms with Crippen LogP contribution in [0.4, 0.5) is 9.52 Å². The summed E-state index contributed by atoms with van der Waals surface area (Å²) in [6.45, 7) is 1.98. The first-order chi connectivity index (χ1) is 11.1. The Morgan fingerprint density at radius 2 is 1.96 bits per heavy atom. The van der Waals surface area contributed by atoms with E-state index in [9.17, 15) is 14.0 Å². The molecule has 0 aliphatic rings. The third-order valence-corrected chi connectivity index (χ3v) is 5.43. The summed E-state index contributed by atoms with van der Waals surface area (Å²) in [4.78, 5) is 23.5. The predicted octanol–water partition coefficient (Wildman–Crippen LogP) is 3.34. The lowest BCUT2D eigenvalue weighted by Gasteiger charge is -1.99. The van der Waals surface area contributed by atoms with E-state index in [0.29, 0.717) is 20.8 Å². The number of hydrogen-bond donors (Lipinski definition) is 1. The van der Waals surface area contributed by atoms with Gasteiger partial charge in [0.1, 0.15) is 5.82 Å². The molecule has 0 fully saturated rings. The number of hydrogen-bond acceptors (Lipinski definition) is 7. The minimum absolute atomic E-state index is 0.116. The minimum atomic E-state index is -0.375. The molecule has 1 aromatic carbocycles. The second-order valence-electron chi connectivity index (χ2n) is 4.28. The SMILES string of the molecule is CCSCC(=O)Nc1nnc(SCC(=O)c2ccc(F)cc2)s1. The van der Waals surface area contributed by atoms with Crippen LogP contribution in [0.15, 0.2) is 28.6 Å². The summed E-state index contributed by atoms with van der Waals surface area (Å²) in [5.74, 6) is 0.819. The molecule has 0 aliphatic heterocycles. The number of carbonyl (C=O) groups is 2. The molecule has 1 N–H and O–H groups in total. The van der Waals surface area contributed by atoms with Crippen molar-refractivity contribution in [3.05, 3.63) is 35.6 Å². The van der Waals surface area contributed by atoms with Gasteiger partial charge >= 0.3 is 0 Å². The number of ketones is 1. The van der Waals surface area contributed by atoms with E-state index in [1.165, 1.54) is 59.1 Å². The molecule has 9 heteroatoms. The van der Waals surface area contributed by atoms with Gasteiger partial charge in [-0.2, -0.15) is 11.8 Å². The highest BCUT2D eigenvalue weighted by molar-refractivity contribution is 8.01. The molecular formula is C14H14FN3O2S3. The van der Waals surface area contributed by atoms with E-state index in [2.05, 4.69) is 15.5 Å². The molecule has 0 radical (unpaired) electrons. The first-order valence-corrected chi connectivity index (χ1v) is 9.67. The Morgan fingerprint density at radius 3 is 2.65 bits per heavy atom. The molecule has 0 bridgehead atoms. The Balaban J connectivity index is 1.83. The maximum absolute atomic E-state index is 12.8. The maximum atomic E-state index is 12.8. The maximum Gasteiger partial charge on any atom is 0.236 e. The second kappa shape index (κ2) is 8.99. The molecule has 0 spiro atoms. The first-order valence-electron chi connectivity index (χ1n) is 6.71. The van der Waals surface area contributed by atoms with Crippen LogP contribution in [0.3, 0.4) is 0 Å². The van der Waals surface area contributed by atoms with Crippen molar-refractivity contribution >= 4 is 51.7 Å². The summed E-state index contributed by atoms with van der Waals surface area (Å²) in [5, 5.41) is 10.9. The van der Waals surface area contributed by atoms with Crippen LogP contribution in [0.2, 0.25) is 0 Å². The van der Waals surface area contributed by atoms with Crippen molar-refractivity contribution in [3.63, 3.8) is 0 Å². The average Bonchev–Trinajstić information content (AvgIpc) is 2.98. The molecule has 1 aromatic heterocycles. The van der Waals surface area contributed by atoms with E-state index < -0.39 is 0 Å². The topological polar surface area (TPSA) is 72.0 Å². The van der Waals surface area contributed by atoms with Gasteiger partial charge in [-0.05, 0) is 30.0 Å². The summed E-state index contributed by atoms with van der Waals surface area (Å²) in [6.07, 6.45) is 0. The van der Waals surface area contributed by atoms with Gasteiger partial charge in [0, 0.05) is 5.56 Å². The number of Topliss-reactive ketones (excluding diaryl/α,β-unsaturated/α-hetero) is 1. The molecule has 0 saturated carbocycles. The summed E-state index contributed by atoms with van der Waals surface area (Å²) in [7, 11) is 0. The molecule has 1 amide bonds. The Bertz CT molecular complexity index is 676. The van der Waals surface area contributed by atoms with Crippen molar-refractivity contribution in [3.8, 4) is 0 Å². The molecule has 0 aliphatic carbocycles. The molecule has 1 heterocycles. The van der Waals surface area contributed by atoms with Gasteiger partial charge in [-0.15, -0.1) is 10.2 Å². The third-order valence-electron chi connectivity index (χ3n) is 2.58. The highest BCUT2D eigenvalue weighted by Crippen LogP contribution is 2.26. The second-order valence-corrected chi connectivity index (χ2v) is 7.75. The van der Waals surface area contributed by atoms with E-state index in [-0.39, 0.29) is 23.3 Å². The fourth-order valence-corrected chi connectivity index (χ4v) is 3.64. The zero-order valence-corrected chi connectivity index (χ0v) is 14.7. The lowest BCUT2D eigenvalue weighted by Crippen LogP contribution is -2.13. The quantitative estimate of drug-likeness (QED) is 0.436. The van der Waals surface area contributed by atoms with Gasteiger partial charge in [-0.1, -0.05) is 30.0 Å². The lowest BCUT2D eigenvalue weighted by atomic mass is 10.1. The average molecular weight is 371 g/mol. The van der Waals surface area contributed by atoms with Gasteiger partial charge in [0.2, 0.25) is 11.0 Å². The van der Waals surface area contributed by atoms with Crippen molar-refractivity contribution in [2.45, 2.75) is 11.3 Å². The fourth-order valence-electron chi connectivity index (χ4n) is 1.52. The van der Waals surface area contributed by atoms with Crippen LogP contribution < -0.4 is 5.32 Å². The molecule has 0 unspecified atom stereocenters. The molecule has 2 rings (SSSR count). The van der Waals surface area contributed by atoms with Crippen LogP contribution in [0, 0.1) is 5.82 Å². The molecule has 0 saturated heterocycles. The number of aromatic nitrogens is 2. The number of nitrogens with one attached hydrogen (secondary N) is 1. The van der Waals surface area contributed by atoms with Crippen molar-refractivity contribution in [1.82, 2.24) is 10.2 Å². The summed E-state index contributed by atoms with van der Waals surface area (Å²) < 4.78 is 13.4. The Kier molecular flexibility index (Phi) is 7.00. The Morgan fingerprint density at radius 1 is 1.22 bits per heavy atom. The smallest absolute Gasteiger partial charge is 0.236 e. The largest absolute Gasteiger partial charge is 0.300 e. The minimum Gasteiger partial charge on any atom is -0.300 e. The van der Waals surface area contributed by atoms with Crippen LogP contribution in [0.25, 0.3) is 0 Å². The molecule has 5 nitrogen and oxygen atoms in total. The number of benzene rings is 1. The predicted molar refractivity (Wildman–Crippen MR) is 93.0 cm³/mol. The van der Waals surface area contributed by atoms with E-state index in [0.717, 1.165) is 5.75 Å². The Labute approximate surface area is 145 Å². The number of carbonyl (C=O) groups excluding carboxylic acids is 2. The summed E-state index contributed by atoms with van der Waals surface area (Å²) in [5.41, 5.74) is 0.452. The number of anilines is 1. The molecule has 0 atom stereocenters. The van der Waals surface area contributed by atoms with Gasteiger partial charge in [0.15, 0.2) is 10.1 Å². The van der Waals surface area contributed by atoms with Crippen molar-refractivity contribution < 1.29 is 14.0 Å². The molecular weight excluding hydrogens is 357 g/mol. The van der Waals surface area contributed by atoms with Gasteiger partial charge in [0.05, 0.1) is 11.5 Å². The molecule has 23 heavy (non-hydrogen) atoms. The van der Waals surface area contributed by atoms with E-state index in [4.69, 9.17) is 0 Å². The van der Waals surface area contributed by atoms with Gasteiger partial charge in [-0.25, -0.2) is 4.39 Å². The van der Waals surface area contributed by atoms with Gasteiger partial charge in [-0.3, -0.25) is 14.9 Å². The monoisotopic (exact) mass is 371 g/mol. The van der Waals surface area contributed by atoms with Crippen LogP contribution in [-0.2, 0) is 4.79 Å². The zero-order chi connectivity index (χ0) is 16.7. The molecule has 122 valence electrons. The summed E-state index contributed by atoms with van der Waals surface area (Å²) >= 11 is 3.98. The van der Waals surface area contributed by atoms with Crippen LogP contribution >= 0.6 is 34.9 Å². The first kappa shape index (κ1) is 17.9.